The van der Waals surface area contributed by atoms with Gasteiger partial charge in [-0.25, -0.2) is 0 Å². The van der Waals surface area contributed by atoms with Gasteiger partial charge in [0.25, 0.3) is 0 Å². The molecule has 3 rings (SSSR count). The van der Waals surface area contributed by atoms with E-state index in [4.69, 9.17) is 23.2 Å². The molecule has 0 aromatic heterocycles. The fraction of sp³-hybridized carbons (Fsp3) is 0.0909. The molecule has 0 fully saturated rings. The second-order valence-electron chi connectivity index (χ2n) is 6.26. The van der Waals surface area contributed by atoms with E-state index in [1.54, 1.807) is 24.3 Å². The van der Waals surface area contributed by atoms with Crippen LogP contribution in [0, 0.1) is 0 Å². The van der Waals surface area contributed by atoms with E-state index >= 15 is 0 Å². The maximum Gasteiger partial charge on any atom is 0.242 e. The Labute approximate surface area is 183 Å². The van der Waals surface area contributed by atoms with Crippen molar-refractivity contribution in [2.24, 2.45) is 0 Å². The molecular formula is C22H18Cl2N2O2S. The number of amides is 2. The second-order valence-corrected chi connectivity index (χ2v) is 8.32. The minimum Gasteiger partial charge on any atom is -0.326 e. The van der Waals surface area contributed by atoms with E-state index in [2.05, 4.69) is 10.6 Å². The lowest BCUT2D eigenvalue weighted by atomic mass is 10.1. The summed E-state index contributed by atoms with van der Waals surface area (Å²) in [5, 5.41) is 6.02. The Morgan fingerprint density at radius 3 is 2.17 bits per heavy atom. The smallest absolute Gasteiger partial charge is 0.242 e. The van der Waals surface area contributed by atoms with Gasteiger partial charge in [0, 0.05) is 33.2 Å². The molecule has 3 aromatic rings. The summed E-state index contributed by atoms with van der Waals surface area (Å²) < 4.78 is 0. The Morgan fingerprint density at radius 2 is 1.52 bits per heavy atom. The van der Waals surface area contributed by atoms with Crippen molar-refractivity contribution < 1.29 is 9.59 Å². The van der Waals surface area contributed by atoms with Gasteiger partial charge < -0.3 is 10.6 Å². The van der Waals surface area contributed by atoms with Gasteiger partial charge in [0.05, 0.1) is 0 Å². The van der Waals surface area contributed by atoms with Gasteiger partial charge in [0.15, 0.2) is 0 Å². The third-order valence-corrected chi connectivity index (χ3v) is 5.56. The van der Waals surface area contributed by atoms with Crippen molar-refractivity contribution in [1.82, 2.24) is 0 Å². The number of carbonyl (C=O) groups is 2. The predicted molar refractivity (Wildman–Crippen MR) is 121 cm³/mol. The van der Waals surface area contributed by atoms with Crippen LogP contribution >= 0.6 is 35.0 Å². The van der Waals surface area contributed by atoms with Crippen LogP contribution in [-0.4, -0.2) is 11.8 Å². The monoisotopic (exact) mass is 444 g/mol. The maximum atomic E-state index is 13.1. The molecular weight excluding hydrogens is 427 g/mol. The molecule has 0 heterocycles. The molecule has 2 N–H and O–H groups in total. The van der Waals surface area contributed by atoms with Crippen molar-refractivity contribution in [3.05, 3.63) is 88.4 Å². The van der Waals surface area contributed by atoms with Crippen LogP contribution in [0.15, 0.2) is 77.7 Å². The van der Waals surface area contributed by atoms with E-state index in [9.17, 15) is 9.59 Å². The minimum absolute atomic E-state index is 0.151. The summed E-state index contributed by atoms with van der Waals surface area (Å²) in [6.07, 6.45) is 0. The van der Waals surface area contributed by atoms with Crippen LogP contribution in [0.1, 0.15) is 17.7 Å². The molecule has 0 saturated heterocycles. The highest BCUT2D eigenvalue weighted by molar-refractivity contribution is 8.00. The number of hydrogen-bond acceptors (Lipinski definition) is 3. The summed E-state index contributed by atoms with van der Waals surface area (Å²) in [6, 6.07) is 21.8. The first-order valence-electron chi connectivity index (χ1n) is 8.77. The molecule has 0 saturated carbocycles. The zero-order chi connectivity index (χ0) is 20.8. The van der Waals surface area contributed by atoms with Gasteiger partial charge in [-0.3, -0.25) is 9.59 Å². The van der Waals surface area contributed by atoms with Gasteiger partial charge >= 0.3 is 0 Å². The van der Waals surface area contributed by atoms with E-state index in [-0.39, 0.29) is 11.8 Å². The van der Waals surface area contributed by atoms with Crippen LogP contribution in [0.25, 0.3) is 0 Å². The summed E-state index contributed by atoms with van der Waals surface area (Å²) in [5.41, 5.74) is 2.06. The van der Waals surface area contributed by atoms with Crippen molar-refractivity contribution in [2.75, 3.05) is 10.6 Å². The Bertz CT molecular complexity index is 1010. The number of nitrogens with one attached hydrogen (secondary N) is 2. The molecule has 0 aliphatic heterocycles. The largest absolute Gasteiger partial charge is 0.326 e. The zero-order valence-corrected chi connectivity index (χ0v) is 17.8. The Kier molecular flexibility index (Phi) is 7.20. The van der Waals surface area contributed by atoms with Gasteiger partial charge in [-0.1, -0.05) is 59.6 Å². The molecule has 1 atom stereocenters. The molecule has 0 aliphatic carbocycles. The molecule has 29 heavy (non-hydrogen) atoms. The van der Waals surface area contributed by atoms with Crippen molar-refractivity contribution in [3.8, 4) is 0 Å². The third kappa shape index (κ3) is 6.26. The molecule has 3 aromatic carbocycles. The summed E-state index contributed by atoms with van der Waals surface area (Å²) in [4.78, 5) is 25.3. The average Bonchev–Trinajstić information content (AvgIpc) is 2.65. The lowest BCUT2D eigenvalue weighted by Crippen LogP contribution is -2.19. The number of benzene rings is 3. The molecule has 148 valence electrons. The van der Waals surface area contributed by atoms with E-state index in [0.29, 0.717) is 21.4 Å². The van der Waals surface area contributed by atoms with E-state index in [1.165, 1.54) is 18.7 Å². The van der Waals surface area contributed by atoms with Gasteiger partial charge in [-0.05, 0) is 42.0 Å². The zero-order valence-electron chi connectivity index (χ0n) is 15.5. The number of thioether (sulfide) groups is 1. The lowest BCUT2D eigenvalue weighted by molar-refractivity contribution is -0.116. The number of halogens is 2. The van der Waals surface area contributed by atoms with Crippen LogP contribution in [0.2, 0.25) is 10.0 Å². The first kappa shape index (κ1) is 21.2. The van der Waals surface area contributed by atoms with Crippen LogP contribution in [0.5, 0.6) is 0 Å². The summed E-state index contributed by atoms with van der Waals surface area (Å²) in [6.45, 7) is 1.45. The maximum absolute atomic E-state index is 13.1. The van der Waals surface area contributed by atoms with E-state index < -0.39 is 5.25 Å². The van der Waals surface area contributed by atoms with Crippen molar-refractivity contribution in [3.63, 3.8) is 0 Å². The number of rotatable bonds is 6. The van der Waals surface area contributed by atoms with Crippen molar-refractivity contribution in [2.45, 2.75) is 17.1 Å². The molecule has 0 spiro atoms. The Balaban J connectivity index is 1.87. The topological polar surface area (TPSA) is 58.2 Å². The molecule has 4 nitrogen and oxygen atoms in total. The molecule has 7 heteroatoms. The Hall–Kier alpha value is -2.47. The first-order chi connectivity index (χ1) is 13.9. The quantitative estimate of drug-likeness (QED) is 0.430. The Morgan fingerprint density at radius 1 is 0.828 bits per heavy atom. The average molecular weight is 445 g/mol. The molecule has 0 bridgehead atoms. The van der Waals surface area contributed by atoms with Crippen LogP contribution in [-0.2, 0) is 9.59 Å². The van der Waals surface area contributed by atoms with Crippen LogP contribution in [0.4, 0.5) is 11.4 Å². The predicted octanol–water partition coefficient (Wildman–Crippen LogP) is 6.42. The number of anilines is 2. The fourth-order valence-electron chi connectivity index (χ4n) is 2.72. The number of carbonyl (C=O) groups excluding carboxylic acids is 2. The first-order valence-corrected chi connectivity index (χ1v) is 10.4. The highest BCUT2D eigenvalue weighted by atomic mass is 35.5. The van der Waals surface area contributed by atoms with E-state index in [1.807, 2.05) is 48.5 Å². The summed E-state index contributed by atoms with van der Waals surface area (Å²) >= 11 is 13.5. The standard InChI is InChI=1S/C22H18Cl2N2O2S/c1-14(27)25-18-8-5-9-20(13-18)29-21(15-6-3-2-4-7-15)22(28)26-19-11-16(23)10-17(24)12-19/h2-13,21H,1H3,(H,25,27)(H,26,28). The van der Waals surface area contributed by atoms with Crippen molar-refractivity contribution in [1.29, 1.82) is 0 Å². The van der Waals surface area contributed by atoms with Gasteiger partial charge in [-0.2, -0.15) is 0 Å². The third-order valence-electron chi connectivity index (χ3n) is 3.88. The lowest BCUT2D eigenvalue weighted by Gasteiger charge is -2.18. The summed E-state index contributed by atoms with van der Waals surface area (Å²) in [5.74, 6) is -0.355. The fourth-order valence-corrected chi connectivity index (χ4v) is 4.33. The molecule has 2 amide bonds. The number of hydrogen-bond donors (Lipinski definition) is 2. The van der Waals surface area contributed by atoms with Gasteiger partial charge in [0.1, 0.15) is 5.25 Å². The second kappa shape index (κ2) is 9.83. The molecule has 1 unspecified atom stereocenters. The van der Waals surface area contributed by atoms with Crippen molar-refractivity contribution >= 4 is 58.2 Å². The highest BCUT2D eigenvalue weighted by Crippen LogP contribution is 2.37. The van der Waals surface area contributed by atoms with Gasteiger partial charge in [0.2, 0.25) is 11.8 Å². The van der Waals surface area contributed by atoms with Crippen LogP contribution in [0.3, 0.4) is 0 Å². The van der Waals surface area contributed by atoms with Crippen LogP contribution < -0.4 is 10.6 Å². The highest BCUT2D eigenvalue weighted by Gasteiger charge is 2.22. The van der Waals surface area contributed by atoms with E-state index in [0.717, 1.165) is 10.5 Å². The molecule has 0 radical (unpaired) electrons. The SMILES string of the molecule is CC(=O)Nc1cccc(SC(C(=O)Nc2cc(Cl)cc(Cl)c2)c2ccccc2)c1. The van der Waals surface area contributed by atoms with Gasteiger partial charge in [-0.15, -0.1) is 11.8 Å². The minimum atomic E-state index is -0.512. The molecule has 0 aliphatic rings. The normalized spacial score (nSPS) is 11.6. The summed E-state index contributed by atoms with van der Waals surface area (Å²) in [7, 11) is 0.